The van der Waals surface area contributed by atoms with E-state index in [0.717, 1.165) is 11.1 Å². The van der Waals surface area contributed by atoms with Crippen LogP contribution in [0.4, 0.5) is 0 Å². The highest BCUT2D eigenvalue weighted by Crippen LogP contribution is 2.52. The largest absolute Gasteiger partial charge is 0.512 e. The standard InChI is InChI=1S/C24H28O2/c1-22(2,18-12-7-5-8-13-18)21-20(25)16-11-17-24(21,26)23(3,4)19-14-9-6-10-15-19/h5-17,21,25-26H,1-4H3. The zero-order chi connectivity index (χ0) is 19.0. The van der Waals surface area contributed by atoms with Crippen molar-refractivity contribution in [3.05, 3.63) is 95.8 Å². The van der Waals surface area contributed by atoms with Crippen molar-refractivity contribution in [3.63, 3.8) is 0 Å². The second-order valence-corrected chi connectivity index (χ2v) is 8.29. The third-order valence-electron chi connectivity index (χ3n) is 6.09. The number of benzene rings is 2. The van der Waals surface area contributed by atoms with Gasteiger partial charge in [0.1, 0.15) is 5.60 Å². The molecule has 0 saturated carbocycles. The number of rotatable bonds is 4. The Morgan fingerprint density at radius 2 is 1.31 bits per heavy atom. The Morgan fingerprint density at radius 1 is 0.808 bits per heavy atom. The molecule has 2 heteroatoms. The zero-order valence-corrected chi connectivity index (χ0v) is 16.0. The Balaban J connectivity index is 2.16. The van der Waals surface area contributed by atoms with E-state index in [0.29, 0.717) is 0 Å². The van der Waals surface area contributed by atoms with E-state index in [2.05, 4.69) is 26.0 Å². The van der Waals surface area contributed by atoms with E-state index in [1.165, 1.54) is 0 Å². The van der Waals surface area contributed by atoms with Crippen LogP contribution in [0.5, 0.6) is 0 Å². The number of hydrogen-bond acceptors (Lipinski definition) is 2. The SMILES string of the molecule is CC(C)(c1ccccc1)C1C(O)=CC=CC1(O)C(C)(C)c1ccccc1. The van der Waals surface area contributed by atoms with Gasteiger partial charge in [-0.3, -0.25) is 0 Å². The highest BCUT2D eigenvalue weighted by atomic mass is 16.3. The summed E-state index contributed by atoms with van der Waals surface area (Å²) in [6, 6.07) is 20.1. The number of allylic oxidation sites excluding steroid dienone is 2. The van der Waals surface area contributed by atoms with E-state index < -0.39 is 22.3 Å². The maximum Gasteiger partial charge on any atom is 0.103 e. The van der Waals surface area contributed by atoms with Gasteiger partial charge in [-0.25, -0.2) is 0 Å². The molecule has 0 bridgehead atoms. The van der Waals surface area contributed by atoms with Crippen LogP contribution in [0.2, 0.25) is 0 Å². The van der Waals surface area contributed by atoms with Gasteiger partial charge in [0.2, 0.25) is 0 Å². The van der Waals surface area contributed by atoms with Gasteiger partial charge in [0.05, 0.1) is 11.7 Å². The van der Waals surface area contributed by atoms with Crippen LogP contribution >= 0.6 is 0 Å². The minimum absolute atomic E-state index is 0.216. The molecule has 0 aliphatic heterocycles. The smallest absolute Gasteiger partial charge is 0.103 e. The first-order valence-electron chi connectivity index (χ1n) is 9.13. The van der Waals surface area contributed by atoms with Gasteiger partial charge < -0.3 is 10.2 Å². The van der Waals surface area contributed by atoms with E-state index in [1.54, 1.807) is 12.2 Å². The van der Waals surface area contributed by atoms with Crippen molar-refractivity contribution in [3.8, 4) is 0 Å². The molecule has 0 aromatic heterocycles. The molecule has 2 aromatic rings. The summed E-state index contributed by atoms with van der Waals surface area (Å²) in [5, 5.41) is 22.9. The van der Waals surface area contributed by atoms with E-state index in [9.17, 15) is 10.2 Å². The van der Waals surface area contributed by atoms with Crippen LogP contribution in [-0.4, -0.2) is 15.8 Å². The maximum absolute atomic E-state index is 12.0. The second-order valence-electron chi connectivity index (χ2n) is 8.29. The van der Waals surface area contributed by atoms with E-state index in [-0.39, 0.29) is 5.76 Å². The minimum atomic E-state index is -1.24. The van der Waals surface area contributed by atoms with Crippen molar-refractivity contribution in [2.45, 2.75) is 44.1 Å². The van der Waals surface area contributed by atoms with Crippen LogP contribution in [-0.2, 0) is 10.8 Å². The molecule has 2 N–H and O–H groups in total. The number of aliphatic hydroxyl groups is 2. The summed E-state index contributed by atoms with van der Waals surface area (Å²) in [4.78, 5) is 0. The molecule has 2 unspecified atom stereocenters. The lowest BCUT2D eigenvalue weighted by molar-refractivity contribution is -0.0590. The van der Waals surface area contributed by atoms with E-state index >= 15 is 0 Å². The third kappa shape index (κ3) is 2.79. The van der Waals surface area contributed by atoms with Crippen LogP contribution in [0.1, 0.15) is 38.8 Å². The van der Waals surface area contributed by atoms with Crippen LogP contribution in [0.25, 0.3) is 0 Å². The van der Waals surface area contributed by atoms with Crippen LogP contribution in [0, 0.1) is 5.92 Å². The molecule has 1 aliphatic carbocycles. The number of aliphatic hydroxyl groups excluding tert-OH is 1. The Morgan fingerprint density at radius 3 is 1.85 bits per heavy atom. The molecular formula is C24H28O2. The Labute approximate surface area is 156 Å². The highest BCUT2D eigenvalue weighted by molar-refractivity contribution is 5.41. The number of hydrogen-bond donors (Lipinski definition) is 2. The summed E-state index contributed by atoms with van der Waals surface area (Å²) in [5.41, 5.74) is -0.179. The predicted molar refractivity (Wildman–Crippen MR) is 107 cm³/mol. The van der Waals surface area contributed by atoms with Gasteiger partial charge in [-0.05, 0) is 17.2 Å². The van der Waals surface area contributed by atoms with Crippen molar-refractivity contribution in [2.75, 3.05) is 0 Å². The fraction of sp³-hybridized carbons (Fsp3) is 0.333. The topological polar surface area (TPSA) is 40.5 Å². The summed E-state index contributed by atoms with van der Waals surface area (Å²) in [7, 11) is 0. The van der Waals surface area contributed by atoms with Crippen molar-refractivity contribution in [2.24, 2.45) is 5.92 Å². The predicted octanol–water partition coefficient (Wildman–Crippen LogP) is 5.30. The van der Waals surface area contributed by atoms with Gasteiger partial charge in [0.25, 0.3) is 0 Å². The summed E-state index contributed by atoms with van der Waals surface area (Å²) in [5.74, 6) is -0.259. The van der Waals surface area contributed by atoms with Crippen LogP contribution in [0.3, 0.4) is 0 Å². The fourth-order valence-electron chi connectivity index (χ4n) is 4.32. The zero-order valence-electron chi connectivity index (χ0n) is 16.0. The molecule has 2 nitrogen and oxygen atoms in total. The molecule has 0 heterocycles. The summed E-state index contributed by atoms with van der Waals surface area (Å²) >= 11 is 0. The first-order chi connectivity index (χ1) is 12.2. The van der Waals surface area contributed by atoms with Crippen molar-refractivity contribution in [1.29, 1.82) is 0 Å². The summed E-state index contributed by atoms with van der Waals surface area (Å²) in [6.45, 7) is 8.25. The molecule has 26 heavy (non-hydrogen) atoms. The minimum Gasteiger partial charge on any atom is -0.512 e. The monoisotopic (exact) mass is 348 g/mol. The van der Waals surface area contributed by atoms with E-state index in [4.69, 9.17) is 0 Å². The van der Waals surface area contributed by atoms with Gasteiger partial charge in [0.15, 0.2) is 0 Å². The van der Waals surface area contributed by atoms with E-state index in [1.807, 2.05) is 68.5 Å². The Bertz CT molecular complexity index is 816. The van der Waals surface area contributed by atoms with Gasteiger partial charge in [-0.15, -0.1) is 0 Å². The lowest BCUT2D eigenvalue weighted by atomic mass is 9.55. The van der Waals surface area contributed by atoms with Crippen molar-refractivity contribution < 1.29 is 10.2 Å². The van der Waals surface area contributed by atoms with Gasteiger partial charge in [0, 0.05) is 10.8 Å². The van der Waals surface area contributed by atoms with Crippen LogP contribution in [0.15, 0.2) is 84.7 Å². The summed E-state index contributed by atoms with van der Waals surface area (Å²) < 4.78 is 0. The molecule has 0 amide bonds. The quantitative estimate of drug-likeness (QED) is 0.787. The normalized spacial score (nSPS) is 23.6. The van der Waals surface area contributed by atoms with Crippen molar-refractivity contribution in [1.82, 2.24) is 0 Å². The van der Waals surface area contributed by atoms with Crippen LogP contribution < -0.4 is 0 Å². The average Bonchev–Trinajstić information content (AvgIpc) is 2.63. The molecule has 0 radical (unpaired) electrons. The molecule has 2 aromatic carbocycles. The summed E-state index contributed by atoms with van der Waals surface area (Å²) in [6.07, 6.45) is 5.30. The van der Waals surface area contributed by atoms with Crippen molar-refractivity contribution >= 4 is 0 Å². The molecule has 0 saturated heterocycles. The molecule has 136 valence electrons. The first-order valence-corrected chi connectivity index (χ1v) is 9.13. The fourth-order valence-corrected chi connectivity index (χ4v) is 4.32. The molecule has 3 rings (SSSR count). The molecular weight excluding hydrogens is 320 g/mol. The lowest BCUT2D eigenvalue weighted by Crippen LogP contribution is -2.58. The molecule has 1 aliphatic rings. The van der Waals surface area contributed by atoms with Gasteiger partial charge >= 0.3 is 0 Å². The first kappa shape index (κ1) is 18.5. The van der Waals surface area contributed by atoms with Gasteiger partial charge in [-0.1, -0.05) is 101 Å². The Hall–Kier alpha value is -2.32. The third-order valence-corrected chi connectivity index (χ3v) is 6.09. The lowest BCUT2D eigenvalue weighted by Gasteiger charge is -2.52. The van der Waals surface area contributed by atoms with Gasteiger partial charge in [-0.2, -0.15) is 0 Å². The second kappa shape index (κ2) is 6.44. The molecule has 0 fully saturated rings. The maximum atomic E-state index is 12.0. The highest BCUT2D eigenvalue weighted by Gasteiger charge is 2.56. The molecule has 0 spiro atoms. The Kier molecular flexibility index (Phi) is 4.58. The average molecular weight is 348 g/mol. The molecule has 2 atom stereocenters.